The molecule has 2 aliphatic heterocycles. The fourth-order valence-corrected chi connectivity index (χ4v) is 7.07. The number of imidazole rings is 1. The molecule has 0 N–H and O–H groups in total. The van der Waals surface area contributed by atoms with Crippen LogP contribution in [0.25, 0.3) is 4.96 Å². The average molecular weight is 366 g/mol. The maximum Gasteiger partial charge on any atom is 0.194 e. The molecule has 0 bridgehead atoms. The van der Waals surface area contributed by atoms with Crippen molar-refractivity contribution in [1.82, 2.24) is 9.38 Å². The van der Waals surface area contributed by atoms with Crippen LogP contribution < -0.4 is 4.90 Å². The molecule has 0 amide bonds. The zero-order valence-electron chi connectivity index (χ0n) is 16.7. The van der Waals surface area contributed by atoms with Crippen LogP contribution in [0.2, 0.25) is 0 Å². The summed E-state index contributed by atoms with van der Waals surface area (Å²) < 4.78 is 2.31. The van der Waals surface area contributed by atoms with Gasteiger partial charge < -0.3 is 4.90 Å². The van der Waals surface area contributed by atoms with Gasteiger partial charge in [-0.1, -0.05) is 57.2 Å². The highest BCUT2D eigenvalue weighted by Gasteiger charge is 2.65. The molecule has 5 rings (SSSR count). The van der Waals surface area contributed by atoms with Gasteiger partial charge in [-0.25, -0.2) is 4.98 Å². The SMILES string of the molecule is Cc1cccc2c1N1[C@@H](C)c3c(sc4nccn34)C1(C)C(C)(C)C2(C)C. The highest BCUT2D eigenvalue weighted by Crippen LogP contribution is 2.68. The van der Waals surface area contributed by atoms with Crippen molar-refractivity contribution in [3.05, 3.63) is 52.3 Å². The second kappa shape index (κ2) is 4.53. The van der Waals surface area contributed by atoms with Gasteiger partial charge in [0.1, 0.15) is 0 Å². The first-order valence-electron chi connectivity index (χ1n) is 9.49. The Kier molecular flexibility index (Phi) is 2.85. The van der Waals surface area contributed by atoms with Crippen molar-refractivity contribution in [2.45, 2.75) is 65.5 Å². The number of nitrogens with zero attached hydrogens (tertiary/aromatic N) is 3. The van der Waals surface area contributed by atoms with E-state index in [-0.39, 0.29) is 16.4 Å². The molecule has 26 heavy (non-hydrogen) atoms. The number of benzene rings is 1. The van der Waals surface area contributed by atoms with Gasteiger partial charge in [-0.15, -0.1) is 0 Å². The number of anilines is 1. The summed E-state index contributed by atoms with van der Waals surface area (Å²) in [7, 11) is 0. The summed E-state index contributed by atoms with van der Waals surface area (Å²) in [5.74, 6) is 0. The number of hydrogen-bond donors (Lipinski definition) is 0. The van der Waals surface area contributed by atoms with Gasteiger partial charge in [-0.3, -0.25) is 4.40 Å². The number of aryl methyl sites for hydroxylation is 1. The molecule has 4 heterocycles. The summed E-state index contributed by atoms with van der Waals surface area (Å²) in [6.07, 6.45) is 4.05. The summed E-state index contributed by atoms with van der Waals surface area (Å²) >= 11 is 1.88. The molecule has 1 aromatic carbocycles. The highest BCUT2D eigenvalue weighted by atomic mass is 32.1. The third-order valence-electron chi connectivity index (χ3n) is 7.93. The normalized spacial score (nSPS) is 28.1. The van der Waals surface area contributed by atoms with Crippen LogP contribution in [0.3, 0.4) is 0 Å². The van der Waals surface area contributed by atoms with E-state index in [9.17, 15) is 0 Å². The van der Waals surface area contributed by atoms with E-state index < -0.39 is 0 Å². The summed E-state index contributed by atoms with van der Waals surface area (Å²) in [5, 5.41) is 0. The Morgan fingerprint density at radius 1 is 1.12 bits per heavy atom. The minimum absolute atomic E-state index is 0.0587. The van der Waals surface area contributed by atoms with Gasteiger partial charge in [0.05, 0.1) is 22.2 Å². The monoisotopic (exact) mass is 365 g/mol. The van der Waals surface area contributed by atoms with E-state index in [2.05, 4.69) is 87.1 Å². The van der Waals surface area contributed by atoms with E-state index in [4.69, 9.17) is 0 Å². The van der Waals surface area contributed by atoms with Crippen molar-refractivity contribution < 1.29 is 0 Å². The maximum absolute atomic E-state index is 4.59. The molecule has 1 unspecified atom stereocenters. The Morgan fingerprint density at radius 3 is 2.58 bits per heavy atom. The quantitative estimate of drug-likeness (QED) is 0.500. The topological polar surface area (TPSA) is 20.5 Å². The number of thiazole rings is 1. The van der Waals surface area contributed by atoms with Crippen LogP contribution in [-0.4, -0.2) is 9.38 Å². The molecular weight excluding hydrogens is 338 g/mol. The molecule has 0 fully saturated rings. The molecule has 0 spiro atoms. The second-order valence-electron chi connectivity index (χ2n) is 9.24. The Bertz CT molecular complexity index is 1050. The van der Waals surface area contributed by atoms with Crippen LogP contribution >= 0.6 is 11.3 Å². The Hall–Kier alpha value is -1.81. The molecule has 0 aliphatic carbocycles. The molecule has 3 nitrogen and oxygen atoms in total. The van der Waals surface area contributed by atoms with Crippen molar-refractivity contribution in [3.63, 3.8) is 0 Å². The van der Waals surface area contributed by atoms with Crippen LogP contribution in [-0.2, 0) is 11.0 Å². The zero-order chi connectivity index (χ0) is 18.6. The van der Waals surface area contributed by atoms with Gasteiger partial charge in [-0.05, 0) is 37.3 Å². The number of aromatic nitrogens is 2. The minimum Gasteiger partial charge on any atom is -0.352 e. The van der Waals surface area contributed by atoms with E-state index in [0.29, 0.717) is 6.04 Å². The first-order chi connectivity index (χ1) is 12.1. The molecule has 3 aromatic rings. The Balaban J connectivity index is 1.94. The molecule has 2 aromatic heterocycles. The predicted octanol–water partition coefficient (Wildman–Crippen LogP) is 5.82. The molecule has 2 aliphatic rings. The Morgan fingerprint density at radius 2 is 1.85 bits per heavy atom. The zero-order valence-corrected chi connectivity index (χ0v) is 17.5. The van der Waals surface area contributed by atoms with E-state index >= 15 is 0 Å². The van der Waals surface area contributed by atoms with Gasteiger partial charge in [0.25, 0.3) is 0 Å². The maximum atomic E-state index is 4.59. The van der Waals surface area contributed by atoms with E-state index in [0.717, 1.165) is 4.96 Å². The number of fused-ring (bicyclic) bond motifs is 7. The Labute approximate surface area is 159 Å². The lowest BCUT2D eigenvalue weighted by atomic mass is 9.52. The molecule has 136 valence electrons. The highest BCUT2D eigenvalue weighted by molar-refractivity contribution is 7.17. The van der Waals surface area contributed by atoms with Gasteiger partial charge in [0.2, 0.25) is 0 Å². The third kappa shape index (κ3) is 1.47. The van der Waals surface area contributed by atoms with Gasteiger partial charge in [0, 0.05) is 23.5 Å². The smallest absolute Gasteiger partial charge is 0.194 e. The number of para-hydroxylation sites is 1. The number of rotatable bonds is 0. The van der Waals surface area contributed by atoms with Crippen molar-refractivity contribution >= 4 is 22.0 Å². The standard InChI is InChI=1S/C22H27N3S/c1-13-9-8-10-15-16(13)25-14(2)17-18(26-19-23-11-12-24(17)19)22(25,7)21(5,6)20(15,3)4/h8-12,14H,1-7H3/t14-,22?/m0/s1. The fourth-order valence-electron chi connectivity index (χ4n) is 5.59. The van der Waals surface area contributed by atoms with Crippen LogP contribution in [0.1, 0.15) is 69.3 Å². The summed E-state index contributed by atoms with van der Waals surface area (Å²) in [6, 6.07) is 7.15. The first-order valence-corrected chi connectivity index (χ1v) is 10.3. The van der Waals surface area contributed by atoms with Gasteiger partial charge in [-0.2, -0.15) is 0 Å². The summed E-state index contributed by atoms with van der Waals surface area (Å²) in [5.41, 5.74) is 5.77. The van der Waals surface area contributed by atoms with Crippen LogP contribution in [0, 0.1) is 12.3 Å². The molecular formula is C22H27N3S. The lowest BCUT2D eigenvalue weighted by molar-refractivity contribution is 0.0672. The van der Waals surface area contributed by atoms with E-state index in [1.165, 1.54) is 27.4 Å². The number of hydrogen-bond acceptors (Lipinski definition) is 3. The van der Waals surface area contributed by atoms with Gasteiger partial charge in [0.15, 0.2) is 4.96 Å². The van der Waals surface area contributed by atoms with E-state index in [1.807, 2.05) is 17.5 Å². The van der Waals surface area contributed by atoms with Crippen LogP contribution in [0.4, 0.5) is 5.69 Å². The third-order valence-corrected chi connectivity index (χ3v) is 9.23. The largest absolute Gasteiger partial charge is 0.352 e. The van der Waals surface area contributed by atoms with Crippen molar-refractivity contribution in [2.24, 2.45) is 5.41 Å². The summed E-state index contributed by atoms with van der Waals surface area (Å²) in [4.78, 5) is 9.91. The molecule has 2 atom stereocenters. The van der Waals surface area contributed by atoms with Crippen LogP contribution in [0.15, 0.2) is 30.6 Å². The predicted molar refractivity (Wildman–Crippen MR) is 109 cm³/mol. The molecule has 0 saturated heterocycles. The first kappa shape index (κ1) is 16.4. The molecule has 0 saturated carbocycles. The van der Waals surface area contributed by atoms with Gasteiger partial charge >= 0.3 is 0 Å². The average Bonchev–Trinajstić information content (AvgIpc) is 3.19. The van der Waals surface area contributed by atoms with Crippen molar-refractivity contribution in [3.8, 4) is 0 Å². The minimum atomic E-state index is -0.0598. The second-order valence-corrected chi connectivity index (χ2v) is 10.2. The van der Waals surface area contributed by atoms with E-state index in [1.54, 1.807) is 0 Å². The fraction of sp³-hybridized carbons (Fsp3) is 0.500. The molecule has 4 heteroatoms. The van der Waals surface area contributed by atoms with Crippen molar-refractivity contribution in [2.75, 3.05) is 4.90 Å². The summed E-state index contributed by atoms with van der Waals surface area (Å²) in [6.45, 7) is 16.8. The lowest BCUT2D eigenvalue weighted by Crippen LogP contribution is -2.61. The lowest BCUT2D eigenvalue weighted by Gasteiger charge is -2.62. The van der Waals surface area contributed by atoms with Crippen molar-refractivity contribution in [1.29, 1.82) is 0 Å². The molecule has 0 radical (unpaired) electrons. The van der Waals surface area contributed by atoms with Crippen LogP contribution in [0.5, 0.6) is 0 Å².